The summed E-state index contributed by atoms with van der Waals surface area (Å²) in [4.78, 5) is 22.2. The lowest BCUT2D eigenvalue weighted by molar-refractivity contribution is 0.196. The van der Waals surface area contributed by atoms with Crippen LogP contribution in [0.3, 0.4) is 0 Å². The second kappa shape index (κ2) is 10.9. The summed E-state index contributed by atoms with van der Waals surface area (Å²) in [6.07, 6.45) is 0.261. The lowest BCUT2D eigenvalue weighted by Crippen LogP contribution is -2.35. The molecule has 3 rings (SSSR count). The number of sulfonamides is 1. The molecule has 0 radical (unpaired) electrons. The van der Waals surface area contributed by atoms with Gasteiger partial charge in [-0.05, 0) is 42.8 Å². The molecular weight excluding hydrogens is 487 g/mol. The Hall–Kier alpha value is -2.35. The zero-order valence-electron chi connectivity index (χ0n) is 18.2. The van der Waals surface area contributed by atoms with Crippen molar-refractivity contribution in [2.75, 3.05) is 50.5 Å². The molecule has 186 valence electrons. The zero-order chi connectivity index (χ0) is 24.9. The predicted octanol–water partition coefficient (Wildman–Crippen LogP) is 0.857. The normalized spacial score (nSPS) is 12.6. The highest BCUT2D eigenvalue weighted by molar-refractivity contribution is 7.89. The summed E-state index contributed by atoms with van der Waals surface area (Å²) in [5.41, 5.74) is 8.12. The van der Waals surface area contributed by atoms with Crippen molar-refractivity contribution in [2.24, 2.45) is 0 Å². The van der Waals surface area contributed by atoms with Gasteiger partial charge in [0.15, 0.2) is 0 Å². The number of anilines is 2. The minimum atomic E-state index is -4.57. The number of hydrogen-bond donors (Lipinski definition) is 6. The average Bonchev–Trinajstić information content (AvgIpc) is 2.77. The maximum absolute atomic E-state index is 13.1. The molecule has 3 aromatic rings. The third-order valence-corrected chi connectivity index (χ3v) is 7.40. The van der Waals surface area contributed by atoms with E-state index in [4.69, 9.17) is 15.5 Å². The quantitative estimate of drug-likeness (QED) is 0.0868. The number of phosphoric acid groups is 1. The van der Waals surface area contributed by atoms with Crippen LogP contribution in [0.5, 0.6) is 0 Å². The Bertz CT molecular complexity index is 1310. The number of nitrogens with one attached hydrogen (secondary N) is 1. The van der Waals surface area contributed by atoms with E-state index in [2.05, 4.69) is 14.8 Å². The first-order chi connectivity index (χ1) is 16.1. The van der Waals surface area contributed by atoms with Crippen molar-refractivity contribution >= 4 is 51.0 Å². The van der Waals surface area contributed by atoms with Gasteiger partial charge in [-0.3, -0.25) is 4.52 Å². The minimum absolute atomic E-state index is 0.0418. The number of nitrogen functional groups attached to an aromatic ring is 1. The first kappa shape index (κ1) is 26.3. The topological polar surface area (TPSA) is 196 Å². The largest absolute Gasteiger partial charge is 0.469 e. The van der Waals surface area contributed by atoms with Crippen LogP contribution in [0.4, 0.5) is 11.4 Å². The number of nitrogens with two attached hydrogens (primary N) is 1. The molecule has 0 saturated heterocycles. The number of nitrogens with zero attached hydrogens (tertiary/aromatic N) is 2. The second-order valence-electron chi connectivity index (χ2n) is 7.40. The van der Waals surface area contributed by atoms with Crippen molar-refractivity contribution in [3.8, 4) is 0 Å². The third kappa shape index (κ3) is 6.20. The van der Waals surface area contributed by atoms with Crippen molar-refractivity contribution < 1.29 is 37.5 Å². The van der Waals surface area contributed by atoms with Gasteiger partial charge in [-0.2, -0.15) is 4.31 Å². The number of phosphoric ester groups is 1. The fraction of sp³-hybridized carbons (Fsp3) is 0.350. The standard InChI is InChI=1S/C20H27N4O8PS/c21-14-2-4-18-16(12-14)20(22-6-1-11-32-33(27,28)29)17-13-15(3-5-19(17)23-18)34(30,31)24(7-9-25)8-10-26/h2-5,12-13,25-26H,1,6-11,21H2,(H,22,23)(H2,27,28,29). The monoisotopic (exact) mass is 514 g/mol. The van der Waals surface area contributed by atoms with Gasteiger partial charge in [-0.1, -0.05) is 0 Å². The summed E-state index contributed by atoms with van der Waals surface area (Å²) in [6.45, 7) is -1.06. The molecule has 14 heteroatoms. The van der Waals surface area contributed by atoms with Crippen LogP contribution in [0, 0.1) is 0 Å². The molecule has 7 N–H and O–H groups in total. The Morgan fingerprint density at radius 1 is 1.03 bits per heavy atom. The van der Waals surface area contributed by atoms with Gasteiger partial charge in [-0.25, -0.2) is 18.0 Å². The molecule has 34 heavy (non-hydrogen) atoms. The minimum Gasteiger partial charge on any atom is -0.399 e. The number of aliphatic hydroxyl groups is 2. The first-order valence-corrected chi connectivity index (χ1v) is 13.3. The van der Waals surface area contributed by atoms with Crippen LogP contribution in [0.15, 0.2) is 41.3 Å². The van der Waals surface area contributed by atoms with E-state index in [1.807, 2.05) is 0 Å². The van der Waals surface area contributed by atoms with Gasteiger partial charge in [0.25, 0.3) is 0 Å². The molecule has 0 aliphatic rings. The number of aliphatic hydroxyl groups excluding tert-OH is 2. The molecule has 0 spiro atoms. The number of benzene rings is 2. The Morgan fingerprint density at radius 2 is 1.65 bits per heavy atom. The fourth-order valence-electron chi connectivity index (χ4n) is 3.48. The highest BCUT2D eigenvalue weighted by Crippen LogP contribution is 2.36. The molecule has 0 saturated carbocycles. The van der Waals surface area contributed by atoms with E-state index in [0.717, 1.165) is 4.31 Å². The van der Waals surface area contributed by atoms with Crippen LogP contribution in [0.25, 0.3) is 21.8 Å². The maximum Gasteiger partial charge on any atom is 0.469 e. The van der Waals surface area contributed by atoms with Crippen LogP contribution in [0.1, 0.15) is 6.42 Å². The molecule has 1 heterocycles. The summed E-state index contributed by atoms with van der Waals surface area (Å²) in [5, 5.41) is 22.8. The molecule has 2 aromatic carbocycles. The number of fused-ring (bicyclic) bond motifs is 2. The summed E-state index contributed by atoms with van der Waals surface area (Å²) in [5.74, 6) is 0. The van der Waals surface area contributed by atoms with Crippen molar-refractivity contribution in [1.29, 1.82) is 0 Å². The highest BCUT2D eigenvalue weighted by Gasteiger charge is 2.25. The van der Waals surface area contributed by atoms with Crippen LogP contribution in [0.2, 0.25) is 0 Å². The van der Waals surface area contributed by atoms with Gasteiger partial charge in [-0.15, -0.1) is 0 Å². The van der Waals surface area contributed by atoms with Crippen LogP contribution >= 0.6 is 7.82 Å². The Morgan fingerprint density at radius 3 is 2.26 bits per heavy atom. The average molecular weight is 514 g/mol. The van der Waals surface area contributed by atoms with E-state index in [1.54, 1.807) is 24.3 Å². The number of hydrogen-bond acceptors (Lipinski definition) is 9. The Kier molecular flexibility index (Phi) is 8.44. The van der Waals surface area contributed by atoms with E-state index in [0.29, 0.717) is 33.2 Å². The van der Waals surface area contributed by atoms with Crippen molar-refractivity contribution in [3.05, 3.63) is 36.4 Å². The maximum atomic E-state index is 13.1. The van der Waals surface area contributed by atoms with E-state index < -0.39 is 31.1 Å². The van der Waals surface area contributed by atoms with Crippen molar-refractivity contribution in [3.63, 3.8) is 0 Å². The molecule has 0 aliphatic heterocycles. The number of aromatic nitrogens is 1. The van der Waals surface area contributed by atoms with Crippen LogP contribution in [-0.4, -0.2) is 77.2 Å². The summed E-state index contributed by atoms with van der Waals surface area (Å²) in [6, 6.07) is 9.56. The lowest BCUT2D eigenvalue weighted by atomic mass is 10.1. The van der Waals surface area contributed by atoms with E-state index in [-0.39, 0.29) is 37.6 Å². The third-order valence-electron chi connectivity index (χ3n) is 4.99. The Balaban J connectivity index is 2.06. The van der Waals surface area contributed by atoms with Gasteiger partial charge in [0.2, 0.25) is 10.0 Å². The summed E-state index contributed by atoms with van der Waals surface area (Å²) >= 11 is 0. The van der Waals surface area contributed by atoms with E-state index in [1.165, 1.54) is 12.1 Å². The molecule has 0 atom stereocenters. The van der Waals surface area contributed by atoms with Crippen LogP contribution in [-0.2, 0) is 19.1 Å². The predicted molar refractivity (Wildman–Crippen MR) is 128 cm³/mol. The number of rotatable bonds is 12. The molecule has 0 unspecified atom stereocenters. The molecule has 12 nitrogen and oxygen atoms in total. The molecular formula is C20H27N4O8PS. The fourth-order valence-corrected chi connectivity index (χ4v) is 5.30. The lowest BCUT2D eigenvalue weighted by Gasteiger charge is -2.21. The van der Waals surface area contributed by atoms with Gasteiger partial charge in [0.1, 0.15) is 0 Å². The Labute approximate surface area is 196 Å². The highest BCUT2D eigenvalue weighted by atomic mass is 32.2. The van der Waals surface area contributed by atoms with Gasteiger partial charge in [0.05, 0.1) is 41.4 Å². The van der Waals surface area contributed by atoms with Gasteiger partial charge >= 0.3 is 7.82 Å². The zero-order valence-corrected chi connectivity index (χ0v) is 19.9. The summed E-state index contributed by atoms with van der Waals surface area (Å²) in [7, 11) is -8.58. The molecule has 1 aromatic heterocycles. The molecule has 0 bridgehead atoms. The molecule has 0 fully saturated rings. The van der Waals surface area contributed by atoms with Gasteiger partial charge < -0.3 is 31.1 Å². The number of pyridine rings is 1. The van der Waals surface area contributed by atoms with Gasteiger partial charge in [0, 0.05) is 36.1 Å². The molecule has 0 aliphatic carbocycles. The van der Waals surface area contributed by atoms with E-state index >= 15 is 0 Å². The van der Waals surface area contributed by atoms with Crippen molar-refractivity contribution in [1.82, 2.24) is 9.29 Å². The van der Waals surface area contributed by atoms with Crippen molar-refractivity contribution in [2.45, 2.75) is 11.3 Å². The molecule has 0 amide bonds. The van der Waals surface area contributed by atoms with Crippen LogP contribution < -0.4 is 11.1 Å². The summed E-state index contributed by atoms with van der Waals surface area (Å²) < 4.78 is 42.6. The second-order valence-corrected chi connectivity index (χ2v) is 10.6. The SMILES string of the molecule is Nc1ccc2nc3ccc(S(=O)(=O)N(CCO)CCO)cc3c(NCCCOP(=O)(O)O)c2c1. The smallest absolute Gasteiger partial charge is 0.399 e. The first-order valence-electron chi connectivity index (χ1n) is 10.4. The van der Waals surface area contributed by atoms with E-state index in [9.17, 15) is 23.2 Å².